The number of halogens is 2. The number of aryl methyl sites for hydroxylation is 1. The van der Waals surface area contributed by atoms with Gasteiger partial charge < -0.3 is 9.88 Å². The summed E-state index contributed by atoms with van der Waals surface area (Å²) in [6.07, 6.45) is 3.79. The molecule has 3 rings (SSSR count). The lowest BCUT2D eigenvalue weighted by Gasteiger charge is -2.19. The van der Waals surface area contributed by atoms with Crippen LogP contribution in [0.3, 0.4) is 0 Å². The van der Waals surface area contributed by atoms with Gasteiger partial charge in [-0.3, -0.25) is 4.79 Å². The molecule has 1 amide bonds. The number of nitrogens with zero attached hydrogens (tertiary/aromatic N) is 2. The molecule has 0 aliphatic carbocycles. The summed E-state index contributed by atoms with van der Waals surface area (Å²) in [5.41, 5.74) is 1.78. The molecule has 0 bridgehead atoms. The molecule has 3 aromatic rings. The second kappa shape index (κ2) is 7.72. The molecule has 128 valence electrons. The van der Waals surface area contributed by atoms with E-state index in [9.17, 15) is 4.79 Å². The highest BCUT2D eigenvalue weighted by molar-refractivity contribution is 6.42. The Hall–Kier alpha value is -2.30. The zero-order chi connectivity index (χ0) is 17.8. The molecule has 0 unspecified atom stereocenters. The van der Waals surface area contributed by atoms with E-state index >= 15 is 0 Å². The molecule has 1 atom stereocenters. The first-order valence-electron chi connectivity index (χ1n) is 7.80. The number of imidazole rings is 1. The number of carbonyl (C=O) groups excluding carboxylic acids is 1. The first kappa shape index (κ1) is 17.5. The van der Waals surface area contributed by atoms with Crippen LogP contribution in [-0.2, 0) is 18.3 Å². The molecule has 1 aromatic heterocycles. The summed E-state index contributed by atoms with van der Waals surface area (Å²) in [6, 6.07) is 14.6. The van der Waals surface area contributed by atoms with E-state index in [0.717, 1.165) is 17.0 Å². The number of carbonyl (C=O) groups is 1. The van der Waals surface area contributed by atoms with E-state index in [1.54, 1.807) is 24.4 Å². The molecule has 6 heteroatoms. The van der Waals surface area contributed by atoms with Crippen molar-refractivity contribution in [3.63, 3.8) is 0 Å². The Morgan fingerprint density at radius 3 is 2.56 bits per heavy atom. The van der Waals surface area contributed by atoms with Crippen LogP contribution >= 0.6 is 23.2 Å². The Morgan fingerprint density at radius 1 is 1.16 bits per heavy atom. The van der Waals surface area contributed by atoms with Crippen molar-refractivity contribution in [3.8, 4) is 0 Å². The summed E-state index contributed by atoms with van der Waals surface area (Å²) in [5.74, 6) is 0.656. The second-order valence-corrected chi connectivity index (χ2v) is 6.55. The molecule has 0 aliphatic heterocycles. The average Bonchev–Trinajstić information content (AvgIpc) is 3.03. The van der Waals surface area contributed by atoms with Gasteiger partial charge in [0.05, 0.1) is 16.5 Å². The fourth-order valence-electron chi connectivity index (χ4n) is 2.64. The Morgan fingerprint density at radius 2 is 1.92 bits per heavy atom. The predicted octanol–water partition coefficient (Wildman–Crippen LogP) is 4.18. The largest absolute Gasteiger partial charge is 0.342 e. The Balaban J connectivity index is 1.81. The lowest BCUT2D eigenvalue weighted by Crippen LogP contribution is -2.32. The Labute approximate surface area is 156 Å². The zero-order valence-corrected chi connectivity index (χ0v) is 15.1. The van der Waals surface area contributed by atoms with Crippen molar-refractivity contribution in [2.75, 3.05) is 0 Å². The minimum absolute atomic E-state index is 0.116. The first-order chi connectivity index (χ1) is 12.0. The topological polar surface area (TPSA) is 46.9 Å². The third-order valence-corrected chi connectivity index (χ3v) is 4.64. The highest BCUT2D eigenvalue weighted by Gasteiger charge is 2.20. The van der Waals surface area contributed by atoms with E-state index < -0.39 is 0 Å². The van der Waals surface area contributed by atoms with Gasteiger partial charge in [-0.25, -0.2) is 4.98 Å². The summed E-state index contributed by atoms with van der Waals surface area (Å²) < 4.78 is 1.90. The van der Waals surface area contributed by atoms with Crippen molar-refractivity contribution in [2.24, 2.45) is 7.05 Å². The van der Waals surface area contributed by atoms with Crippen molar-refractivity contribution >= 4 is 29.1 Å². The maximum atomic E-state index is 12.6. The number of hydrogen-bond acceptors (Lipinski definition) is 2. The molecular formula is C19H17Cl2N3O. The number of aromatic nitrogens is 2. The van der Waals surface area contributed by atoms with Crippen molar-refractivity contribution in [1.29, 1.82) is 0 Å². The maximum Gasteiger partial charge on any atom is 0.225 e. The number of rotatable bonds is 5. The van der Waals surface area contributed by atoms with E-state index in [2.05, 4.69) is 10.3 Å². The van der Waals surface area contributed by atoms with Crippen LogP contribution < -0.4 is 5.32 Å². The molecule has 1 N–H and O–H groups in total. The Kier molecular flexibility index (Phi) is 5.41. The molecule has 1 heterocycles. The SMILES string of the molecule is Cn1ccnc1[C@@H](NC(=O)Cc1ccc(Cl)c(Cl)c1)c1ccccc1. The highest BCUT2D eigenvalue weighted by atomic mass is 35.5. The average molecular weight is 374 g/mol. The van der Waals surface area contributed by atoms with Gasteiger partial charge in [-0.2, -0.15) is 0 Å². The first-order valence-corrected chi connectivity index (χ1v) is 8.55. The third-order valence-electron chi connectivity index (χ3n) is 3.90. The van der Waals surface area contributed by atoms with E-state index in [1.807, 2.05) is 48.1 Å². The fraction of sp³-hybridized carbons (Fsp3) is 0.158. The molecule has 4 nitrogen and oxygen atoms in total. The lowest BCUT2D eigenvalue weighted by molar-refractivity contribution is -0.121. The number of amides is 1. The number of benzene rings is 2. The van der Waals surface area contributed by atoms with Gasteiger partial charge in [-0.05, 0) is 23.3 Å². The zero-order valence-electron chi connectivity index (χ0n) is 13.6. The second-order valence-electron chi connectivity index (χ2n) is 5.73. The van der Waals surface area contributed by atoms with Crippen molar-refractivity contribution in [2.45, 2.75) is 12.5 Å². The van der Waals surface area contributed by atoms with E-state index in [0.29, 0.717) is 10.0 Å². The highest BCUT2D eigenvalue weighted by Crippen LogP contribution is 2.24. The van der Waals surface area contributed by atoms with Gasteiger partial charge in [-0.1, -0.05) is 59.6 Å². The van der Waals surface area contributed by atoms with Gasteiger partial charge in [-0.15, -0.1) is 0 Å². The van der Waals surface area contributed by atoms with E-state index in [-0.39, 0.29) is 18.4 Å². The van der Waals surface area contributed by atoms with Crippen molar-refractivity contribution < 1.29 is 4.79 Å². The third kappa shape index (κ3) is 4.21. The number of nitrogens with one attached hydrogen (secondary N) is 1. The van der Waals surface area contributed by atoms with Crippen LogP contribution in [0.15, 0.2) is 60.9 Å². The fourth-order valence-corrected chi connectivity index (χ4v) is 2.97. The van der Waals surface area contributed by atoms with E-state index in [4.69, 9.17) is 23.2 Å². The summed E-state index contributed by atoms with van der Waals surface area (Å²) >= 11 is 11.9. The van der Waals surface area contributed by atoms with Gasteiger partial charge >= 0.3 is 0 Å². The summed E-state index contributed by atoms with van der Waals surface area (Å²) in [7, 11) is 1.91. The molecule has 0 spiro atoms. The summed E-state index contributed by atoms with van der Waals surface area (Å²) in [5, 5.41) is 3.97. The molecule has 0 radical (unpaired) electrons. The standard InChI is InChI=1S/C19H17Cl2N3O/c1-24-10-9-22-19(24)18(14-5-3-2-4-6-14)23-17(25)12-13-7-8-15(20)16(21)11-13/h2-11,18H,12H2,1H3,(H,23,25)/t18-/m0/s1. The van der Waals surface area contributed by atoms with Crippen LogP contribution in [0.1, 0.15) is 23.0 Å². The molecule has 0 fully saturated rings. The molecule has 0 saturated carbocycles. The number of hydrogen-bond donors (Lipinski definition) is 1. The van der Waals surface area contributed by atoms with Crippen molar-refractivity contribution in [3.05, 3.63) is 87.9 Å². The smallest absolute Gasteiger partial charge is 0.225 e. The van der Waals surface area contributed by atoms with Gasteiger partial charge in [0.15, 0.2) is 0 Å². The lowest BCUT2D eigenvalue weighted by atomic mass is 10.1. The van der Waals surface area contributed by atoms with Crippen LogP contribution in [0, 0.1) is 0 Å². The van der Waals surface area contributed by atoms with Crippen molar-refractivity contribution in [1.82, 2.24) is 14.9 Å². The molecule has 25 heavy (non-hydrogen) atoms. The maximum absolute atomic E-state index is 12.6. The van der Waals surface area contributed by atoms with Crippen LogP contribution in [0.4, 0.5) is 0 Å². The van der Waals surface area contributed by atoms with Gasteiger partial charge in [0.2, 0.25) is 5.91 Å². The van der Waals surface area contributed by atoms with Crippen LogP contribution in [0.5, 0.6) is 0 Å². The van der Waals surface area contributed by atoms with E-state index in [1.165, 1.54) is 0 Å². The quantitative estimate of drug-likeness (QED) is 0.729. The molecule has 0 aliphatic rings. The van der Waals surface area contributed by atoms with Gasteiger partial charge in [0.1, 0.15) is 11.9 Å². The van der Waals surface area contributed by atoms with Gasteiger partial charge in [0.25, 0.3) is 0 Å². The Bertz CT molecular complexity index is 877. The van der Waals surface area contributed by atoms with Crippen LogP contribution in [0.2, 0.25) is 10.0 Å². The summed E-state index contributed by atoms with van der Waals surface area (Å²) in [4.78, 5) is 17.0. The predicted molar refractivity (Wildman–Crippen MR) is 99.8 cm³/mol. The molecule has 2 aromatic carbocycles. The molecule has 0 saturated heterocycles. The van der Waals surface area contributed by atoms with Gasteiger partial charge in [0, 0.05) is 19.4 Å². The monoisotopic (exact) mass is 373 g/mol. The van der Waals surface area contributed by atoms with Crippen LogP contribution in [0.25, 0.3) is 0 Å². The normalized spacial score (nSPS) is 12.0. The minimum Gasteiger partial charge on any atom is -0.342 e. The minimum atomic E-state index is -0.323. The molecular weight excluding hydrogens is 357 g/mol. The van der Waals surface area contributed by atoms with Crippen LogP contribution in [-0.4, -0.2) is 15.5 Å². The summed E-state index contributed by atoms with van der Waals surface area (Å²) in [6.45, 7) is 0.